The van der Waals surface area contributed by atoms with E-state index in [2.05, 4.69) is 20.7 Å². The third-order valence-corrected chi connectivity index (χ3v) is 4.63. The number of amides is 1. The number of nitrogens with zero attached hydrogens (tertiary/aromatic N) is 2. The lowest BCUT2D eigenvalue weighted by Gasteiger charge is -2.12. The largest absolute Gasteiger partial charge is 0.507 e. The first-order valence-corrected chi connectivity index (χ1v) is 9.50. The number of rotatable bonds is 5. The summed E-state index contributed by atoms with van der Waals surface area (Å²) >= 11 is 0. The lowest BCUT2D eigenvalue weighted by atomic mass is 9.95. The highest BCUT2D eigenvalue weighted by Gasteiger charge is 2.22. The smallest absolute Gasteiger partial charge is 0.277 e. The van der Waals surface area contributed by atoms with E-state index in [1.54, 1.807) is 18.2 Å². The summed E-state index contributed by atoms with van der Waals surface area (Å²) in [6.07, 6.45) is 1.31. The number of hydrazone groups is 1. The molecule has 152 valence electrons. The number of nitrogens with one attached hydrogen (secondary N) is 2. The zero-order chi connectivity index (χ0) is 21.6. The number of phenols is 1. The molecule has 3 aromatic carbocycles. The second kappa shape index (κ2) is 8.87. The van der Waals surface area contributed by atoms with Crippen molar-refractivity contribution in [1.82, 2.24) is 15.6 Å². The van der Waals surface area contributed by atoms with Gasteiger partial charge in [0.15, 0.2) is 0 Å². The molecule has 31 heavy (non-hydrogen) atoms. The van der Waals surface area contributed by atoms with Gasteiger partial charge in [-0.2, -0.15) is 10.2 Å². The van der Waals surface area contributed by atoms with Gasteiger partial charge in [0.2, 0.25) is 0 Å². The van der Waals surface area contributed by atoms with Crippen molar-refractivity contribution in [2.75, 3.05) is 0 Å². The van der Waals surface area contributed by atoms with Crippen LogP contribution in [0.4, 0.5) is 0 Å². The van der Waals surface area contributed by atoms with Crippen LogP contribution in [0.5, 0.6) is 5.75 Å². The van der Waals surface area contributed by atoms with E-state index >= 15 is 0 Å². The minimum Gasteiger partial charge on any atom is -0.507 e. The van der Waals surface area contributed by atoms with E-state index in [1.165, 1.54) is 12.3 Å². The van der Waals surface area contributed by atoms with E-state index in [4.69, 9.17) is 0 Å². The highest BCUT2D eigenvalue weighted by Crippen LogP contribution is 2.31. The van der Waals surface area contributed by atoms with E-state index in [0.717, 1.165) is 5.56 Å². The number of carbonyl (C=O) groups excluding carboxylic acids is 1. The summed E-state index contributed by atoms with van der Waals surface area (Å²) in [5, 5.41) is 20.4. The number of carbonyl (C=O) groups is 1. The van der Waals surface area contributed by atoms with Crippen molar-refractivity contribution < 1.29 is 9.90 Å². The van der Waals surface area contributed by atoms with E-state index in [1.807, 2.05) is 60.7 Å². The summed E-state index contributed by atoms with van der Waals surface area (Å²) in [6.45, 7) is 0. The molecule has 0 aliphatic heterocycles. The highest BCUT2D eigenvalue weighted by atomic mass is 16.3. The molecule has 1 heterocycles. The maximum Gasteiger partial charge on any atom is 0.277 e. The molecule has 0 aliphatic rings. The molecule has 0 bridgehead atoms. The first-order chi connectivity index (χ1) is 15.1. The summed E-state index contributed by atoms with van der Waals surface area (Å²) in [6, 6.07) is 25.0. The van der Waals surface area contributed by atoms with Gasteiger partial charge in [0, 0.05) is 16.7 Å². The predicted octanol–water partition coefficient (Wildman–Crippen LogP) is 3.57. The number of aromatic amines is 1. The topological polar surface area (TPSA) is 107 Å². The van der Waals surface area contributed by atoms with Crippen LogP contribution < -0.4 is 11.0 Å². The number of benzene rings is 3. The van der Waals surface area contributed by atoms with Gasteiger partial charge in [-0.25, -0.2) is 10.5 Å². The average Bonchev–Trinajstić information content (AvgIpc) is 2.81. The van der Waals surface area contributed by atoms with Crippen LogP contribution in [0, 0.1) is 0 Å². The minimum absolute atomic E-state index is 0.0265. The third kappa shape index (κ3) is 4.25. The van der Waals surface area contributed by atoms with Crippen molar-refractivity contribution in [2.45, 2.75) is 0 Å². The first-order valence-electron chi connectivity index (χ1n) is 9.50. The molecule has 3 N–H and O–H groups in total. The van der Waals surface area contributed by atoms with E-state index in [-0.39, 0.29) is 11.3 Å². The number of H-pyrrole nitrogens is 1. The van der Waals surface area contributed by atoms with Crippen LogP contribution in [0.25, 0.3) is 22.4 Å². The molecule has 7 nitrogen and oxygen atoms in total. The second-order valence-corrected chi connectivity index (χ2v) is 6.64. The van der Waals surface area contributed by atoms with Crippen LogP contribution in [0.1, 0.15) is 15.9 Å². The van der Waals surface area contributed by atoms with Crippen molar-refractivity contribution >= 4 is 12.1 Å². The molecule has 4 rings (SSSR count). The Hall–Kier alpha value is -4.52. The van der Waals surface area contributed by atoms with Crippen LogP contribution in [0.3, 0.4) is 0 Å². The van der Waals surface area contributed by atoms with Crippen LogP contribution in [-0.4, -0.2) is 27.4 Å². The van der Waals surface area contributed by atoms with E-state index in [9.17, 15) is 14.7 Å². The van der Waals surface area contributed by atoms with Gasteiger partial charge in [-0.1, -0.05) is 72.8 Å². The molecule has 0 saturated heterocycles. The first kappa shape index (κ1) is 19.8. The van der Waals surface area contributed by atoms with Crippen LogP contribution >= 0.6 is 0 Å². The van der Waals surface area contributed by atoms with Crippen LogP contribution in [0.2, 0.25) is 0 Å². The quantitative estimate of drug-likeness (QED) is 0.345. The standard InChI is InChI=1S/C24H18N4O3/c29-19-14-8-7-13-18(19)15-25-27-23(30)21-20(16-9-3-1-4-10-16)22(26-28-24(21)31)17-11-5-2-6-12-17/h1-15,29H,(H,27,30)(H,28,31). The number of aromatic hydroxyl groups is 1. The van der Waals surface area contributed by atoms with Gasteiger partial charge in [-0.05, 0) is 17.7 Å². The fraction of sp³-hybridized carbons (Fsp3) is 0. The Morgan fingerprint density at radius 2 is 1.52 bits per heavy atom. The van der Waals surface area contributed by atoms with Gasteiger partial charge in [0.05, 0.1) is 11.9 Å². The van der Waals surface area contributed by atoms with Crippen molar-refractivity contribution in [2.24, 2.45) is 5.10 Å². The molecule has 0 radical (unpaired) electrons. The molecule has 0 fully saturated rings. The zero-order valence-electron chi connectivity index (χ0n) is 16.3. The molecule has 1 amide bonds. The maximum absolute atomic E-state index is 13.0. The Labute approximate surface area is 177 Å². The van der Waals surface area contributed by atoms with Gasteiger partial charge >= 0.3 is 0 Å². The van der Waals surface area contributed by atoms with E-state index < -0.39 is 11.5 Å². The summed E-state index contributed by atoms with van der Waals surface area (Å²) in [5.74, 6) is -0.662. The fourth-order valence-corrected chi connectivity index (χ4v) is 3.17. The molecular weight excluding hydrogens is 392 g/mol. The molecule has 7 heteroatoms. The maximum atomic E-state index is 13.0. The molecular formula is C24H18N4O3. The van der Waals surface area contributed by atoms with Crippen molar-refractivity contribution in [1.29, 1.82) is 0 Å². The lowest BCUT2D eigenvalue weighted by Crippen LogP contribution is -2.28. The fourth-order valence-electron chi connectivity index (χ4n) is 3.17. The Morgan fingerprint density at radius 1 is 0.903 bits per heavy atom. The minimum atomic E-state index is -0.689. The second-order valence-electron chi connectivity index (χ2n) is 6.64. The summed E-state index contributed by atoms with van der Waals surface area (Å²) < 4.78 is 0. The van der Waals surface area contributed by atoms with Gasteiger partial charge < -0.3 is 5.11 Å². The van der Waals surface area contributed by atoms with E-state index in [0.29, 0.717) is 22.4 Å². The molecule has 1 aromatic heterocycles. The Balaban J connectivity index is 1.79. The normalized spacial score (nSPS) is 10.8. The highest BCUT2D eigenvalue weighted by molar-refractivity contribution is 6.03. The number of phenolic OH excluding ortho intramolecular Hbond substituents is 1. The molecule has 0 unspecified atom stereocenters. The molecule has 0 atom stereocenters. The van der Waals surface area contributed by atoms with Gasteiger partial charge in [-0.15, -0.1) is 0 Å². The Kier molecular flexibility index (Phi) is 5.66. The average molecular weight is 410 g/mol. The van der Waals surface area contributed by atoms with Crippen LogP contribution in [0.15, 0.2) is 94.8 Å². The predicted molar refractivity (Wildman–Crippen MR) is 119 cm³/mol. The molecule has 0 aliphatic carbocycles. The SMILES string of the molecule is O=C(NN=Cc1ccccc1O)c1c(-c2ccccc2)c(-c2ccccc2)n[nH]c1=O. The Bertz CT molecular complexity index is 1300. The summed E-state index contributed by atoms with van der Waals surface area (Å²) in [7, 11) is 0. The van der Waals surface area contributed by atoms with Gasteiger partial charge in [-0.3, -0.25) is 9.59 Å². The molecule has 4 aromatic rings. The zero-order valence-corrected chi connectivity index (χ0v) is 16.3. The number of hydrogen-bond acceptors (Lipinski definition) is 5. The molecule has 0 spiro atoms. The van der Waals surface area contributed by atoms with Crippen molar-refractivity contribution in [3.8, 4) is 28.1 Å². The van der Waals surface area contributed by atoms with Gasteiger partial charge in [0.1, 0.15) is 11.3 Å². The van der Waals surface area contributed by atoms with Crippen molar-refractivity contribution in [3.05, 3.63) is 106 Å². The third-order valence-electron chi connectivity index (χ3n) is 4.63. The summed E-state index contributed by atoms with van der Waals surface area (Å²) in [4.78, 5) is 25.6. The Morgan fingerprint density at radius 3 is 2.19 bits per heavy atom. The lowest BCUT2D eigenvalue weighted by molar-refractivity contribution is 0.0954. The number of aromatic nitrogens is 2. The summed E-state index contributed by atoms with van der Waals surface area (Å²) in [5.41, 5.74) is 4.38. The van der Waals surface area contributed by atoms with Crippen molar-refractivity contribution in [3.63, 3.8) is 0 Å². The van der Waals surface area contributed by atoms with Gasteiger partial charge in [0.25, 0.3) is 11.5 Å². The molecule has 0 saturated carbocycles. The van der Waals surface area contributed by atoms with Crippen LogP contribution in [-0.2, 0) is 0 Å². The number of para-hydroxylation sites is 1. The monoisotopic (exact) mass is 410 g/mol. The number of hydrogen-bond donors (Lipinski definition) is 3.